The largest absolute Gasteiger partial charge is 0.393 e. The Morgan fingerprint density at radius 1 is 1.14 bits per heavy atom. The van der Waals surface area contributed by atoms with Crippen LogP contribution in [0.5, 0.6) is 0 Å². The minimum atomic E-state index is -0.146. The van der Waals surface area contributed by atoms with Crippen LogP contribution in [0.2, 0.25) is 0 Å². The molecule has 1 aromatic carbocycles. The molecule has 2 aliphatic heterocycles. The maximum absolute atomic E-state index is 12.7. The molecule has 2 N–H and O–H groups in total. The maximum atomic E-state index is 12.7. The molecule has 1 spiro atoms. The smallest absolute Gasteiger partial charge is 0.220 e. The van der Waals surface area contributed by atoms with Crippen LogP contribution in [0, 0.1) is 35.0 Å². The topological polar surface area (TPSA) is 61.8 Å². The summed E-state index contributed by atoms with van der Waals surface area (Å²) in [5, 5.41) is 13.6. The first-order chi connectivity index (χ1) is 20.7. The molecular formula is C38H54N2O3. The van der Waals surface area contributed by atoms with Gasteiger partial charge in [-0.25, -0.2) is 0 Å². The Hall–Kier alpha value is -1.95. The number of rotatable bonds is 6. The summed E-state index contributed by atoms with van der Waals surface area (Å²) in [5.74, 6) is 3.37. The Balaban J connectivity index is 1.04. The Labute approximate surface area is 259 Å². The molecule has 0 bridgehead atoms. The Kier molecular flexibility index (Phi) is 7.92. The first-order valence-corrected chi connectivity index (χ1v) is 17.5. The van der Waals surface area contributed by atoms with E-state index in [0.29, 0.717) is 42.7 Å². The second-order valence-electron chi connectivity index (χ2n) is 15.5. The van der Waals surface area contributed by atoms with Crippen molar-refractivity contribution in [1.29, 1.82) is 0 Å². The van der Waals surface area contributed by atoms with E-state index in [9.17, 15) is 9.90 Å². The summed E-state index contributed by atoms with van der Waals surface area (Å²) in [6.45, 7) is 12.5. The van der Waals surface area contributed by atoms with Crippen LogP contribution in [0.1, 0.15) is 91.0 Å². The van der Waals surface area contributed by atoms with Gasteiger partial charge in [0, 0.05) is 38.0 Å². The molecule has 2 heterocycles. The first kappa shape index (κ1) is 29.7. The monoisotopic (exact) mass is 586 g/mol. The number of fused-ring (bicyclic) bond motifs is 6. The number of nitrogens with one attached hydrogen (secondary N) is 1. The van der Waals surface area contributed by atoms with Crippen molar-refractivity contribution in [2.75, 3.05) is 19.6 Å². The van der Waals surface area contributed by atoms with Crippen molar-refractivity contribution in [2.24, 2.45) is 35.0 Å². The van der Waals surface area contributed by atoms with Crippen LogP contribution in [0.4, 0.5) is 0 Å². The van der Waals surface area contributed by atoms with Crippen LogP contribution < -0.4 is 5.32 Å². The number of aliphatic hydroxyl groups excluding tert-OH is 1. The number of aryl methyl sites for hydroxylation is 1. The van der Waals surface area contributed by atoms with Crippen LogP contribution in [-0.2, 0) is 16.0 Å². The van der Waals surface area contributed by atoms with Gasteiger partial charge in [0.1, 0.15) is 0 Å². The minimum Gasteiger partial charge on any atom is -0.393 e. The molecule has 2 saturated carbocycles. The molecule has 0 radical (unpaired) electrons. The molecular weight excluding hydrogens is 532 g/mol. The van der Waals surface area contributed by atoms with Crippen molar-refractivity contribution < 1.29 is 14.6 Å². The molecule has 4 aliphatic carbocycles. The molecule has 10 unspecified atom stereocenters. The van der Waals surface area contributed by atoms with Gasteiger partial charge in [-0.2, -0.15) is 0 Å². The van der Waals surface area contributed by atoms with Gasteiger partial charge >= 0.3 is 0 Å². The fraction of sp³-hybridized carbons (Fsp3) is 0.711. The second kappa shape index (κ2) is 11.4. The van der Waals surface area contributed by atoms with Crippen molar-refractivity contribution in [2.45, 2.75) is 116 Å². The quantitative estimate of drug-likeness (QED) is 0.376. The molecule has 1 aromatic rings. The van der Waals surface area contributed by atoms with Crippen LogP contribution >= 0.6 is 0 Å². The number of ether oxygens (including phenoxy) is 1. The second-order valence-corrected chi connectivity index (χ2v) is 15.5. The predicted octanol–water partition coefficient (Wildman–Crippen LogP) is 6.46. The molecule has 6 aliphatic rings. The SMILES string of the molecule is CC1=C2CC3C(CC=C4CC(O)CCC43C)C2CCC12OC1CC(C)CN(CCNC(=O)CCc3ccccc3)C1C2C. The summed E-state index contributed by atoms with van der Waals surface area (Å²) in [6.07, 6.45) is 12.9. The lowest BCUT2D eigenvalue weighted by atomic mass is 9.56. The molecule has 234 valence electrons. The van der Waals surface area contributed by atoms with Gasteiger partial charge < -0.3 is 15.2 Å². The number of aliphatic hydroxyl groups is 1. The minimum absolute atomic E-state index is 0.143. The third-order valence-electron chi connectivity index (χ3n) is 13.3. The van der Waals surface area contributed by atoms with Crippen molar-refractivity contribution in [3.05, 3.63) is 58.7 Å². The molecule has 5 heteroatoms. The number of carbonyl (C=O) groups excluding carboxylic acids is 1. The van der Waals surface area contributed by atoms with Crippen molar-refractivity contribution >= 4 is 5.91 Å². The van der Waals surface area contributed by atoms with Crippen LogP contribution in [0.3, 0.4) is 0 Å². The van der Waals surface area contributed by atoms with E-state index < -0.39 is 0 Å². The zero-order valence-electron chi connectivity index (χ0n) is 27.0. The molecule has 43 heavy (non-hydrogen) atoms. The third-order valence-corrected chi connectivity index (χ3v) is 13.3. The first-order valence-electron chi connectivity index (χ1n) is 17.5. The van der Waals surface area contributed by atoms with Crippen LogP contribution in [-0.4, -0.2) is 59.4 Å². The fourth-order valence-corrected chi connectivity index (χ4v) is 11.1. The summed E-state index contributed by atoms with van der Waals surface area (Å²) in [5.41, 5.74) is 6.19. The molecule has 1 amide bonds. The van der Waals surface area contributed by atoms with Crippen molar-refractivity contribution in [1.82, 2.24) is 10.2 Å². The average Bonchev–Trinajstić information content (AvgIpc) is 3.51. The summed E-state index contributed by atoms with van der Waals surface area (Å²) in [4.78, 5) is 15.3. The molecule has 7 rings (SSSR count). The summed E-state index contributed by atoms with van der Waals surface area (Å²) in [6, 6.07) is 10.7. The normalized spacial score (nSPS) is 42.2. The molecule has 2 saturated heterocycles. The van der Waals surface area contributed by atoms with Gasteiger partial charge in [0.05, 0.1) is 17.8 Å². The van der Waals surface area contributed by atoms with E-state index in [2.05, 4.69) is 56.1 Å². The van der Waals surface area contributed by atoms with E-state index in [1.54, 1.807) is 16.7 Å². The maximum Gasteiger partial charge on any atom is 0.220 e. The number of hydrogen-bond acceptors (Lipinski definition) is 4. The number of hydrogen-bond donors (Lipinski definition) is 2. The summed E-state index contributed by atoms with van der Waals surface area (Å²) in [7, 11) is 0. The Morgan fingerprint density at radius 3 is 2.77 bits per heavy atom. The lowest BCUT2D eigenvalue weighted by molar-refractivity contribution is -0.121. The number of piperidine rings is 1. The van der Waals surface area contributed by atoms with Gasteiger partial charge in [0.25, 0.3) is 0 Å². The zero-order chi connectivity index (χ0) is 29.9. The lowest BCUT2D eigenvalue weighted by Gasteiger charge is -2.49. The van der Waals surface area contributed by atoms with E-state index in [-0.39, 0.29) is 29.1 Å². The number of nitrogens with zero attached hydrogens (tertiary/aromatic N) is 1. The predicted molar refractivity (Wildman–Crippen MR) is 171 cm³/mol. The van der Waals surface area contributed by atoms with Gasteiger partial charge in [-0.3, -0.25) is 9.69 Å². The van der Waals surface area contributed by atoms with Gasteiger partial charge in [0.2, 0.25) is 5.91 Å². The number of amides is 1. The number of benzene rings is 1. The van der Waals surface area contributed by atoms with E-state index >= 15 is 0 Å². The van der Waals surface area contributed by atoms with E-state index in [1.807, 2.05) is 18.2 Å². The van der Waals surface area contributed by atoms with Crippen molar-refractivity contribution in [3.8, 4) is 0 Å². The third kappa shape index (κ3) is 5.06. The standard InChI is InChI=1S/C38H54N2O3/c1-24-20-34-36(40(23-24)19-18-39-35(42)13-10-27-8-6-5-7-9-27)26(3)38(43-34)17-15-30-31-12-11-28-21-29(41)14-16-37(28,4)33(31)22-32(30)25(38)2/h5-9,11,24,26,29-31,33-34,36,41H,10,12-23H2,1-4H3,(H,39,42). The fourth-order valence-electron chi connectivity index (χ4n) is 11.1. The van der Waals surface area contributed by atoms with Gasteiger partial charge in [-0.1, -0.05) is 68.3 Å². The number of allylic oxidation sites excluding steroid dienone is 2. The molecule has 5 nitrogen and oxygen atoms in total. The van der Waals surface area contributed by atoms with Crippen LogP contribution in [0.25, 0.3) is 0 Å². The van der Waals surface area contributed by atoms with Crippen LogP contribution in [0.15, 0.2) is 53.1 Å². The number of carbonyl (C=O) groups is 1. The highest BCUT2D eigenvalue weighted by Gasteiger charge is 2.61. The highest BCUT2D eigenvalue weighted by Crippen LogP contribution is 2.65. The summed E-state index contributed by atoms with van der Waals surface area (Å²) >= 11 is 0. The Morgan fingerprint density at radius 2 is 1.95 bits per heavy atom. The van der Waals surface area contributed by atoms with Gasteiger partial charge in [-0.15, -0.1) is 0 Å². The van der Waals surface area contributed by atoms with E-state index in [4.69, 9.17) is 4.74 Å². The lowest BCUT2D eigenvalue weighted by Crippen LogP contribution is -2.54. The highest BCUT2D eigenvalue weighted by molar-refractivity contribution is 5.76. The zero-order valence-corrected chi connectivity index (χ0v) is 27.0. The summed E-state index contributed by atoms with van der Waals surface area (Å²) < 4.78 is 7.31. The molecule has 4 fully saturated rings. The highest BCUT2D eigenvalue weighted by atomic mass is 16.5. The van der Waals surface area contributed by atoms with Crippen molar-refractivity contribution in [3.63, 3.8) is 0 Å². The average molecular weight is 587 g/mol. The van der Waals surface area contributed by atoms with Gasteiger partial charge in [0.15, 0.2) is 0 Å². The number of likely N-dealkylation sites (tertiary alicyclic amines) is 1. The molecule has 0 aromatic heterocycles. The Bertz CT molecular complexity index is 1270. The van der Waals surface area contributed by atoms with E-state index in [1.165, 1.54) is 24.8 Å². The van der Waals surface area contributed by atoms with Gasteiger partial charge in [-0.05, 0) is 105 Å². The van der Waals surface area contributed by atoms with E-state index in [0.717, 1.165) is 57.5 Å². The molecule has 10 atom stereocenters.